The summed E-state index contributed by atoms with van der Waals surface area (Å²) in [6, 6.07) is 21.0. The molecule has 2 rings (SSSR count). The minimum atomic E-state index is -0.358. The van der Waals surface area contributed by atoms with Gasteiger partial charge in [-0.2, -0.15) is 0 Å². The van der Waals surface area contributed by atoms with Gasteiger partial charge >= 0.3 is 0 Å². The minimum absolute atomic E-state index is 0.358. The second kappa shape index (κ2) is 4.72. The molecule has 0 spiro atoms. The van der Waals surface area contributed by atoms with Crippen molar-refractivity contribution < 1.29 is 0 Å². The summed E-state index contributed by atoms with van der Waals surface area (Å²) in [5.41, 5.74) is 0. The Morgan fingerprint density at radius 3 is 1.36 bits per heavy atom. The van der Waals surface area contributed by atoms with Gasteiger partial charge in [0, 0.05) is 6.62 Å². The van der Waals surface area contributed by atoms with Crippen LogP contribution in [0.2, 0.25) is 0 Å². The Hall–Kier alpha value is -0.650. The van der Waals surface area contributed by atoms with Gasteiger partial charge in [0.25, 0.3) is 0 Å². The Morgan fingerprint density at radius 1 is 0.643 bits per heavy atom. The number of hydrogen-bond acceptors (Lipinski definition) is 0. The Labute approximate surface area is 93.5 Å². The molecule has 14 heavy (non-hydrogen) atoms. The van der Waals surface area contributed by atoms with Crippen LogP contribution in [0.15, 0.2) is 60.7 Å². The molecule has 0 nitrogen and oxygen atoms in total. The molecule has 0 aliphatic carbocycles. The highest BCUT2D eigenvalue weighted by atomic mass is 79.9. The molecule has 0 aromatic heterocycles. The van der Waals surface area contributed by atoms with Crippen molar-refractivity contribution in [2.24, 2.45) is 0 Å². The standard InChI is InChI=1S/C12H10BrP/c13-14(11-7-3-1-4-8-11)12-9-5-2-6-10-12/h1-10H. The van der Waals surface area contributed by atoms with Gasteiger partial charge in [-0.25, -0.2) is 0 Å². The van der Waals surface area contributed by atoms with Gasteiger partial charge in [0.2, 0.25) is 0 Å². The molecule has 0 radical (unpaired) electrons. The van der Waals surface area contributed by atoms with Gasteiger partial charge in [0.1, 0.15) is 0 Å². The highest BCUT2D eigenvalue weighted by Crippen LogP contribution is 2.41. The van der Waals surface area contributed by atoms with Crippen molar-refractivity contribution in [1.29, 1.82) is 0 Å². The van der Waals surface area contributed by atoms with E-state index in [4.69, 9.17) is 0 Å². The second-order valence-electron chi connectivity index (χ2n) is 2.95. The van der Waals surface area contributed by atoms with Crippen LogP contribution in [0, 0.1) is 0 Å². The van der Waals surface area contributed by atoms with E-state index in [1.807, 2.05) is 12.1 Å². The van der Waals surface area contributed by atoms with Gasteiger partial charge in [-0.3, -0.25) is 0 Å². The van der Waals surface area contributed by atoms with Gasteiger partial charge in [0.15, 0.2) is 0 Å². The van der Waals surface area contributed by atoms with E-state index in [1.54, 1.807) is 0 Å². The molecule has 0 saturated carbocycles. The van der Waals surface area contributed by atoms with Crippen LogP contribution in [-0.4, -0.2) is 0 Å². The van der Waals surface area contributed by atoms with Gasteiger partial charge in [-0.1, -0.05) is 60.7 Å². The predicted molar refractivity (Wildman–Crippen MR) is 68.0 cm³/mol. The van der Waals surface area contributed by atoms with E-state index >= 15 is 0 Å². The Bertz CT molecular complexity index is 346. The number of benzene rings is 2. The quantitative estimate of drug-likeness (QED) is 0.730. The zero-order chi connectivity index (χ0) is 9.80. The number of rotatable bonds is 2. The molecule has 0 aliphatic heterocycles. The third kappa shape index (κ3) is 2.23. The fourth-order valence-corrected chi connectivity index (χ4v) is 3.85. The lowest BCUT2D eigenvalue weighted by molar-refractivity contribution is 1.76. The molecule has 0 unspecified atom stereocenters. The molecule has 2 heteroatoms. The third-order valence-electron chi connectivity index (χ3n) is 1.97. The maximum Gasteiger partial charge on any atom is 0.0265 e. The summed E-state index contributed by atoms with van der Waals surface area (Å²) >= 11 is 3.76. The zero-order valence-corrected chi connectivity index (χ0v) is 10.1. The van der Waals surface area contributed by atoms with Crippen molar-refractivity contribution in [1.82, 2.24) is 0 Å². The first-order valence-electron chi connectivity index (χ1n) is 4.44. The van der Waals surface area contributed by atoms with E-state index in [2.05, 4.69) is 64.0 Å². The van der Waals surface area contributed by atoms with E-state index < -0.39 is 0 Å². The van der Waals surface area contributed by atoms with E-state index in [0.29, 0.717) is 0 Å². The van der Waals surface area contributed by atoms with Crippen LogP contribution in [0.5, 0.6) is 0 Å². The highest BCUT2D eigenvalue weighted by Gasteiger charge is 2.07. The first kappa shape index (κ1) is 9.89. The molecule has 0 bridgehead atoms. The molecule has 0 heterocycles. The molecule has 0 N–H and O–H groups in total. The Balaban J connectivity index is 2.30. The summed E-state index contributed by atoms with van der Waals surface area (Å²) in [4.78, 5) is 0. The number of hydrogen-bond donors (Lipinski definition) is 0. The van der Waals surface area contributed by atoms with Crippen molar-refractivity contribution in [2.45, 2.75) is 0 Å². The molecular weight excluding hydrogens is 255 g/mol. The monoisotopic (exact) mass is 264 g/mol. The van der Waals surface area contributed by atoms with Crippen LogP contribution in [0.25, 0.3) is 0 Å². The van der Waals surface area contributed by atoms with E-state index in [9.17, 15) is 0 Å². The molecular formula is C12H10BrP. The van der Waals surface area contributed by atoms with Crippen LogP contribution in [0.1, 0.15) is 0 Å². The van der Waals surface area contributed by atoms with Crippen molar-refractivity contribution in [2.75, 3.05) is 0 Å². The van der Waals surface area contributed by atoms with Crippen LogP contribution >= 0.6 is 22.1 Å². The fourth-order valence-electron chi connectivity index (χ4n) is 1.27. The maximum atomic E-state index is 3.76. The molecule has 0 atom stereocenters. The zero-order valence-electron chi connectivity index (χ0n) is 7.60. The lowest BCUT2D eigenvalue weighted by atomic mass is 10.4. The molecule has 0 amide bonds. The average molecular weight is 265 g/mol. The van der Waals surface area contributed by atoms with Crippen molar-refractivity contribution >= 4 is 32.7 Å². The number of halogens is 1. The largest absolute Gasteiger partial charge is 0.0622 e. The van der Waals surface area contributed by atoms with Crippen LogP contribution < -0.4 is 10.6 Å². The van der Waals surface area contributed by atoms with Gasteiger partial charge in [-0.05, 0) is 26.1 Å². The lowest BCUT2D eigenvalue weighted by Gasteiger charge is -2.09. The maximum absolute atomic E-state index is 3.76. The van der Waals surface area contributed by atoms with E-state index in [-0.39, 0.29) is 6.62 Å². The summed E-state index contributed by atoms with van der Waals surface area (Å²) < 4.78 is 0. The first-order valence-corrected chi connectivity index (χ1v) is 7.80. The molecule has 0 aliphatic rings. The smallest absolute Gasteiger partial charge is 0.0265 e. The molecule has 0 saturated heterocycles. The summed E-state index contributed by atoms with van der Waals surface area (Å²) in [5.74, 6) is 0. The summed E-state index contributed by atoms with van der Waals surface area (Å²) in [6.07, 6.45) is 0. The Kier molecular flexibility index (Phi) is 3.34. The minimum Gasteiger partial charge on any atom is -0.0622 e. The van der Waals surface area contributed by atoms with Crippen molar-refractivity contribution in [3.63, 3.8) is 0 Å². The van der Waals surface area contributed by atoms with E-state index in [1.165, 1.54) is 10.6 Å². The predicted octanol–water partition coefficient (Wildman–Crippen LogP) is 3.43. The van der Waals surface area contributed by atoms with Crippen molar-refractivity contribution in [3.05, 3.63) is 60.7 Å². The molecule has 2 aromatic carbocycles. The lowest BCUT2D eigenvalue weighted by Crippen LogP contribution is -2.06. The first-order chi connectivity index (χ1) is 6.88. The summed E-state index contributed by atoms with van der Waals surface area (Å²) in [7, 11) is 0. The average Bonchev–Trinajstić information content (AvgIpc) is 2.30. The summed E-state index contributed by atoms with van der Waals surface area (Å²) in [5, 5.41) is 2.71. The van der Waals surface area contributed by atoms with Gasteiger partial charge < -0.3 is 0 Å². The molecule has 70 valence electrons. The summed E-state index contributed by atoms with van der Waals surface area (Å²) in [6.45, 7) is -0.358. The Morgan fingerprint density at radius 2 is 1.00 bits per heavy atom. The third-order valence-corrected chi connectivity index (χ3v) is 5.93. The fraction of sp³-hybridized carbons (Fsp3) is 0. The topological polar surface area (TPSA) is 0 Å². The van der Waals surface area contributed by atoms with Crippen LogP contribution in [0.4, 0.5) is 0 Å². The highest BCUT2D eigenvalue weighted by molar-refractivity contribution is 9.40. The van der Waals surface area contributed by atoms with Gasteiger partial charge in [0.05, 0.1) is 0 Å². The molecule has 2 aromatic rings. The normalized spacial score (nSPS) is 10.4. The SMILES string of the molecule is BrP(c1ccccc1)c1ccccc1. The van der Waals surface area contributed by atoms with Gasteiger partial charge in [-0.15, -0.1) is 0 Å². The van der Waals surface area contributed by atoms with Crippen LogP contribution in [0.3, 0.4) is 0 Å². The van der Waals surface area contributed by atoms with E-state index in [0.717, 1.165) is 0 Å². The molecule has 0 fully saturated rings. The van der Waals surface area contributed by atoms with Crippen molar-refractivity contribution in [3.8, 4) is 0 Å². The second-order valence-corrected chi connectivity index (χ2v) is 6.67. The van der Waals surface area contributed by atoms with Crippen LogP contribution in [-0.2, 0) is 0 Å².